The summed E-state index contributed by atoms with van der Waals surface area (Å²) < 4.78 is 43.1. The zero-order valence-electron chi connectivity index (χ0n) is 14.0. The van der Waals surface area contributed by atoms with Crippen molar-refractivity contribution >= 4 is 22.4 Å². The third kappa shape index (κ3) is 5.07. The molecule has 3 aromatic rings. The van der Waals surface area contributed by atoms with Gasteiger partial charge in [0.25, 0.3) is 0 Å². The van der Waals surface area contributed by atoms with Crippen molar-refractivity contribution < 1.29 is 22.7 Å². The highest BCUT2D eigenvalue weighted by Gasteiger charge is 2.14. The van der Waals surface area contributed by atoms with Gasteiger partial charge in [-0.05, 0) is 30.2 Å². The number of nitrogens with zero attached hydrogens (tertiary/aromatic N) is 1. The van der Waals surface area contributed by atoms with Crippen molar-refractivity contribution in [1.82, 2.24) is 4.98 Å². The Kier molecular flexibility index (Phi) is 6.08. The van der Waals surface area contributed by atoms with Gasteiger partial charge in [0.05, 0.1) is 5.69 Å². The van der Waals surface area contributed by atoms with Crippen molar-refractivity contribution in [1.29, 1.82) is 0 Å². The highest BCUT2D eigenvalue weighted by atomic mass is 32.1. The SMILES string of the molecule is O=C(CCc1ccccc1F)Nc1nc(-c2ccccc2OC(F)F)cs1. The molecule has 0 unspecified atom stereocenters. The fraction of sp³-hybridized carbons (Fsp3) is 0.158. The zero-order chi connectivity index (χ0) is 19.2. The molecule has 4 nitrogen and oxygen atoms in total. The van der Waals surface area contributed by atoms with Crippen LogP contribution in [0.3, 0.4) is 0 Å². The smallest absolute Gasteiger partial charge is 0.387 e. The van der Waals surface area contributed by atoms with E-state index in [1.807, 2.05) is 0 Å². The van der Waals surface area contributed by atoms with Crippen LogP contribution in [0.25, 0.3) is 11.3 Å². The molecule has 0 radical (unpaired) electrons. The molecule has 1 amide bonds. The lowest BCUT2D eigenvalue weighted by Crippen LogP contribution is -2.12. The van der Waals surface area contributed by atoms with E-state index in [2.05, 4.69) is 15.0 Å². The molecule has 27 heavy (non-hydrogen) atoms. The maximum atomic E-state index is 13.6. The normalized spacial score (nSPS) is 10.8. The molecule has 0 aliphatic heterocycles. The average molecular weight is 392 g/mol. The second-order valence-corrected chi connectivity index (χ2v) is 6.41. The van der Waals surface area contributed by atoms with Crippen LogP contribution in [-0.4, -0.2) is 17.5 Å². The highest BCUT2D eigenvalue weighted by molar-refractivity contribution is 7.14. The topological polar surface area (TPSA) is 51.2 Å². The molecular weight excluding hydrogens is 377 g/mol. The minimum atomic E-state index is -2.94. The molecule has 0 aliphatic carbocycles. The third-order valence-corrected chi connectivity index (χ3v) is 4.47. The maximum Gasteiger partial charge on any atom is 0.387 e. The number of para-hydroxylation sites is 1. The van der Waals surface area contributed by atoms with Crippen LogP contribution in [0.2, 0.25) is 0 Å². The maximum absolute atomic E-state index is 13.6. The van der Waals surface area contributed by atoms with Gasteiger partial charge in [-0.15, -0.1) is 11.3 Å². The monoisotopic (exact) mass is 392 g/mol. The van der Waals surface area contributed by atoms with Crippen LogP contribution in [0.15, 0.2) is 53.9 Å². The number of rotatable bonds is 7. The molecular formula is C19H15F3N2O2S. The first-order chi connectivity index (χ1) is 13.0. The number of hydrogen-bond acceptors (Lipinski definition) is 4. The number of nitrogens with one attached hydrogen (secondary N) is 1. The number of carbonyl (C=O) groups excluding carboxylic acids is 1. The van der Waals surface area contributed by atoms with Crippen molar-refractivity contribution in [3.63, 3.8) is 0 Å². The number of aryl methyl sites for hydroxylation is 1. The summed E-state index contributed by atoms with van der Waals surface area (Å²) in [5, 5.41) is 4.61. The van der Waals surface area contributed by atoms with Crippen LogP contribution in [0.5, 0.6) is 5.75 Å². The fourth-order valence-electron chi connectivity index (χ4n) is 2.46. The third-order valence-electron chi connectivity index (χ3n) is 3.71. The summed E-state index contributed by atoms with van der Waals surface area (Å²) in [7, 11) is 0. The van der Waals surface area contributed by atoms with E-state index in [9.17, 15) is 18.0 Å². The number of carbonyl (C=O) groups is 1. The predicted molar refractivity (Wildman–Crippen MR) is 97.5 cm³/mol. The van der Waals surface area contributed by atoms with E-state index in [-0.39, 0.29) is 30.3 Å². The summed E-state index contributed by atoms with van der Waals surface area (Å²) in [5.41, 5.74) is 1.28. The van der Waals surface area contributed by atoms with Gasteiger partial charge in [-0.2, -0.15) is 8.78 Å². The Morgan fingerprint density at radius 1 is 1.15 bits per heavy atom. The van der Waals surface area contributed by atoms with Gasteiger partial charge < -0.3 is 10.1 Å². The minimum Gasteiger partial charge on any atom is -0.434 e. The van der Waals surface area contributed by atoms with E-state index in [0.29, 0.717) is 22.0 Å². The summed E-state index contributed by atoms with van der Waals surface area (Å²) in [5.74, 6) is -0.649. The van der Waals surface area contributed by atoms with Crippen molar-refractivity contribution in [3.05, 3.63) is 65.3 Å². The highest BCUT2D eigenvalue weighted by Crippen LogP contribution is 2.33. The Labute approximate surface area is 157 Å². The molecule has 8 heteroatoms. The molecule has 0 saturated carbocycles. The standard InChI is InChI=1S/C19H15F3N2O2S/c20-14-7-3-1-5-12(14)9-10-17(25)24-19-23-15(11-27-19)13-6-2-4-8-16(13)26-18(21)22/h1-8,11,18H,9-10H2,(H,23,24,25). The lowest BCUT2D eigenvalue weighted by molar-refractivity contribution is -0.116. The second kappa shape index (κ2) is 8.68. The van der Waals surface area contributed by atoms with E-state index < -0.39 is 6.61 Å². The number of alkyl halides is 2. The Morgan fingerprint density at radius 2 is 1.89 bits per heavy atom. The van der Waals surface area contributed by atoms with Gasteiger partial charge in [-0.1, -0.05) is 30.3 Å². The van der Waals surface area contributed by atoms with Crippen molar-refractivity contribution in [2.24, 2.45) is 0 Å². The number of hydrogen-bond donors (Lipinski definition) is 1. The fourth-order valence-corrected chi connectivity index (χ4v) is 3.19. The lowest BCUT2D eigenvalue weighted by atomic mass is 10.1. The number of anilines is 1. The van der Waals surface area contributed by atoms with Crippen molar-refractivity contribution in [3.8, 4) is 17.0 Å². The van der Waals surface area contributed by atoms with Crippen molar-refractivity contribution in [2.75, 3.05) is 5.32 Å². The lowest BCUT2D eigenvalue weighted by Gasteiger charge is -2.08. The largest absolute Gasteiger partial charge is 0.434 e. The van der Waals surface area contributed by atoms with Crippen LogP contribution in [0, 0.1) is 5.82 Å². The first-order valence-electron chi connectivity index (χ1n) is 8.06. The molecule has 140 valence electrons. The number of ether oxygens (including phenoxy) is 1. The van der Waals surface area contributed by atoms with Crippen LogP contribution in [0.1, 0.15) is 12.0 Å². The van der Waals surface area contributed by atoms with E-state index in [0.717, 1.165) is 11.3 Å². The molecule has 0 aliphatic rings. The molecule has 1 N–H and O–H groups in total. The molecule has 0 fully saturated rings. The summed E-state index contributed by atoms with van der Waals surface area (Å²) in [6, 6.07) is 12.6. The number of halogens is 3. The molecule has 0 saturated heterocycles. The Balaban J connectivity index is 1.64. The number of thiazole rings is 1. The molecule has 2 aromatic carbocycles. The number of benzene rings is 2. The van der Waals surface area contributed by atoms with E-state index >= 15 is 0 Å². The zero-order valence-corrected chi connectivity index (χ0v) is 14.8. The van der Waals surface area contributed by atoms with Gasteiger partial charge >= 0.3 is 6.61 Å². The summed E-state index contributed by atoms with van der Waals surface area (Å²) in [6.07, 6.45) is 0.364. The Hall–Kier alpha value is -2.87. The van der Waals surface area contributed by atoms with Crippen LogP contribution in [-0.2, 0) is 11.2 Å². The average Bonchev–Trinajstić information content (AvgIpc) is 3.09. The van der Waals surface area contributed by atoms with E-state index in [1.165, 1.54) is 12.1 Å². The quantitative estimate of drug-likeness (QED) is 0.607. The molecule has 1 aromatic heterocycles. The number of aromatic nitrogens is 1. The first kappa shape index (κ1) is 18.9. The Morgan fingerprint density at radius 3 is 2.67 bits per heavy atom. The van der Waals surface area contributed by atoms with Gasteiger partial charge in [0, 0.05) is 17.4 Å². The van der Waals surface area contributed by atoms with Gasteiger partial charge in [-0.25, -0.2) is 9.37 Å². The van der Waals surface area contributed by atoms with Gasteiger partial charge in [-0.3, -0.25) is 4.79 Å². The number of amides is 1. The van der Waals surface area contributed by atoms with Gasteiger partial charge in [0.1, 0.15) is 11.6 Å². The molecule has 1 heterocycles. The first-order valence-corrected chi connectivity index (χ1v) is 8.94. The van der Waals surface area contributed by atoms with Crippen LogP contribution >= 0.6 is 11.3 Å². The van der Waals surface area contributed by atoms with Crippen LogP contribution < -0.4 is 10.1 Å². The van der Waals surface area contributed by atoms with Crippen LogP contribution in [0.4, 0.5) is 18.3 Å². The summed E-state index contributed by atoms with van der Waals surface area (Å²) in [6.45, 7) is -2.94. The minimum absolute atomic E-state index is 0.00947. The summed E-state index contributed by atoms with van der Waals surface area (Å²) in [4.78, 5) is 16.3. The van der Waals surface area contributed by atoms with Gasteiger partial charge in [0.15, 0.2) is 5.13 Å². The second-order valence-electron chi connectivity index (χ2n) is 5.55. The molecule has 0 bridgehead atoms. The molecule has 0 atom stereocenters. The van der Waals surface area contributed by atoms with E-state index in [4.69, 9.17) is 0 Å². The van der Waals surface area contributed by atoms with E-state index in [1.54, 1.807) is 41.8 Å². The van der Waals surface area contributed by atoms with Crippen molar-refractivity contribution in [2.45, 2.75) is 19.5 Å². The Bertz CT molecular complexity index is 931. The predicted octanol–water partition coefficient (Wildman–Crippen LogP) is 5.12. The van der Waals surface area contributed by atoms with Gasteiger partial charge in [0.2, 0.25) is 5.91 Å². The molecule has 0 spiro atoms. The summed E-state index contributed by atoms with van der Waals surface area (Å²) >= 11 is 1.16. The molecule has 3 rings (SSSR count).